The molecular formula is C22H22F3N3O. The lowest BCUT2D eigenvalue weighted by atomic mass is 9.96. The Balaban J connectivity index is 1.66. The lowest BCUT2D eigenvalue weighted by Crippen LogP contribution is -2.36. The Morgan fingerprint density at radius 3 is 2.66 bits per heavy atom. The average Bonchev–Trinajstić information content (AvgIpc) is 3.22. The standard InChI is InChI=1S/C22H22F3N3O/c23-19-8-14(3-4-15(19)10-26)18-7-13(1-2-16(18)12-29-22(24)25)11-28-17-5-6-21(28)20(27)9-17/h1-4,7-8,17,20-22H,5-6,9,11-12,27H2/t17-,20?,21+/m0/s1. The maximum atomic E-state index is 14.2. The van der Waals surface area contributed by atoms with Gasteiger partial charge < -0.3 is 10.5 Å². The number of rotatable bonds is 6. The van der Waals surface area contributed by atoms with Crippen LogP contribution in [-0.4, -0.2) is 29.6 Å². The van der Waals surface area contributed by atoms with Gasteiger partial charge in [0.25, 0.3) is 0 Å². The molecule has 3 atom stereocenters. The molecular weight excluding hydrogens is 379 g/mol. The van der Waals surface area contributed by atoms with Gasteiger partial charge in [-0.25, -0.2) is 4.39 Å². The first kappa shape index (κ1) is 19.9. The van der Waals surface area contributed by atoms with Crippen molar-refractivity contribution in [2.45, 2.75) is 57.2 Å². The SMILES string of the molecule is N#Cc1ccc(-c2cc(CN3[C@H]4CC[C@@H]3C(N)C4)ccc2COC(F)F)cc1F. The van der Waals surface area contributed by atoms with E-state index in [0.717, 1.165) is 24.8 Å². The van der Waals surface area contributed by atoms with Gasteiger partial charge in [0.1, 0.15) is 11.9 Å². The highest BCUT2D eigenvalue weighted by atomic mass is 19.3. The van der Waals surface area contributed by atoms with Crippen LogP contribution in [0.25, 0.3) is 11.1 Å². The van der Waals surface area contributed by atoms with Crippen LogP contribution in [0, 0.1) is 17.1 Å². The van der Waals surface area contributed by atoms with Crippen molar-refractivity contribution in [2.24, 2.45) is 5.73 Å². The largest absolute Gasteiger partial charge is 0.345 e. The molecule has 2 heterocycles. The summed E-state index contributed by atoms with van der Waals surface area (Å²) in [5.74, 6) is -0.639. The van der Waals surface area contributed by atoms with E-state index in [9.17, 15) is 13.2 Å². The van der Waals surface area contributed by atoms with E-state index in [0.29, 0.717) is 35.3 Å². The van der Waals surface area contributed by atoms with E-state index >= 15 is 0 Å². The Morgan fingerprint density at radius 1 is 1.21 bits per heavy atom. The van der Waals surface area contributed by atoms with Gasteiger partial charge in [-0.3, -0.25) is 4.90 Å². The van der Waals surface area contributed by atoms with Crippen LogP contribution in [0.1, 0.15) is 36.0 Å². The molecule has 2 bridgehead atoms. The lowest BCUT2D eigenvalue weighted by Gasteiger charge is -2.23. The summed E-state index contributed by atoms with van der Waals surface area (Å²) in [6.45, 7) is -2.46. The first-order valence-corrected chi connectivity index (χ1v) is 9.69. The van der Waals surface area contributed by atoms with Gasteiger partial charge in [0.15, 0.2) is 0 Å². The van der Waals surface area contributed by atoms with Crippen LogP contribution in [0.2, 0.25) is 0 Å². The number of benzene rings is 2. The van der Waals surface area contributed by atoms with Gasteiger partial charge in [0.05, 0.1) is 12.2 Å². The molecule has 1 unspecified atom stereocenters. The summed E-state index contributed by atoms with van der Waals surface area (Å²) < 4.78 is 43.8. The van der Waals surface area contributed by atoms with Crippen molar-refractivity contribution >= 4 is 0 Å². The van der Waals surface area contributed by atoms with E-state index in [2.05, 4.69) is 9.64 Å². The van der Waals surface area contributed by atoms with Crippen LogP contribution in [0.5, 0.6) is 0 Å². The molecule has 2 aliphatic heterocycles. The molecule has 0 saturated carbocycles. The quantitative estimate of drug-likeness (QED) is 0.789. The molecule has 2 aliphatic rings. The number of nitriles is 1. The number of hydrogen-bond donors (Lipinski definition) is 1. The molecule has 0 spiro atoms. The monoisotopic (exact) mass is 401 g/mol. The van der Waals surface area contributed by atoms with Gasteiger partial charge in [-0.15, -0.1) is 0 Å². The predicted molar refractivity (Wildman–Crippen MR) is 102 cm³/mol. The van der Waals surface area contributed by atoms with Crippen LogP contribution < -0.4 is 5.73 Å². The molecule has 4 rings (SSSR count). The number of hydrogen-bond acceptors (Lipinski definition) is 4. The van der Waals surface area contributed by atoms with E-state index in [-0.39, 0.29) is 18.2 Å². The van der Waals surface area contributed by atoms with Crippen molar-refractivity contribution in [1.82, 2.24) is 4.90 Å². The second-order valence-electron chi connectivity index (χ2n) is 7.74. The fraction of sp³-hybridized carbons (Fsp3) is 0.409. The number of alkyl halides is 2. The molecule has 2 aromatic carbocycles. The number of nitrogens with zero attached hydrogens (tertiary/aromatic N) is 2. The number of fused-ring (bicyclic) bond motifs is 2. The zero-order chi connectivity index (χ0) is 20.5. The maximum Gasteiger partial charge on any atom is 0.345 e. The molecule has 2 aromatic rings. The average molecular weight is 401 g/mol. The van der Waals surface area contributed by atoms with Gasteiger partial charge in [0.2, 0.25) is 0 Å². The fourth-order valence-corrected chi connectivity index (χ4v) is 4.65. The highest BCUT2D eigenvalue weighted by Gasteiger charge is 2.44. The maximum absolute atomic E-state index is 14.2. The minimum atomic E-state index is -2.89. The molecule has 152 valence electrons. The minimum absolute atomic E-state index is 0.0575. The van der Waals surface area contributed by atoms with Gasteiger partial charge in [0, 0.05) is 24.7 Å². The van der Waals surface area contributed by atoms with Gasteiger partial charge in [-0.2, -0.15) is 14.0 Å². The van der Waals surface area contributed by atoms with Crippen LogP contribution >= 0.6 is 0 Å². The highest BCUT2D eigenvalue weighted by molar-refractivity contribution is 5.69. The summed E-state index contributed by atoms with van der Waals surface area (Å²) in [7, 11) is 0. The summed E-state index contributed by atoms with van der Waals surface area (Å²) in [6.07, 6.45) is 3.24. The summed E-state index contributed by atoms with van der Waals surface area (Å²) in [5.41, 5.74) is 8.87. The van der Waals surface area contributed by atoms with Crippen molar-refractivity contribution in [3.8, 4) is 17.2 Å². The van der Waals surface area contributed by atoms with Crippen LogP contribution in [0.15, 0.2) is 36.4 Å². The fourth-order valence-electron chi connectivity index (χ4n) is 4.65. The highest BCUT2D eigenvalue weighted by Crippen LogP contribution is 2.38. The minimum Gasteiger partial charge on any atom is -0.326 e. The number of ether oxygens (including phenoxy) is 1. The van der Waals surface area contributed by atoms with Gasteiger partial charge >= 0.3 is 6.61 Å². The smallest absolute Gasteiger partial charge is 0.326 e. The molecule has 29 heavy (non-hydrogen) atoms. The van der Waals surface area contributed by atoms with Crippen molar-refractivity contribution < 1.29 is 17.9 Å². The molecule has 2 fully saturated rings. The third-order valence-electron chi connectivity index (χ3n) is 6.03. The summed E-state index contributed by atoms with van der Waals surface area (Å²) in [6, 6.07) is 12.7. The predicted octanol–water partition coefficient (Wildman–Crippen LogP) is 4.17. The summed E-state index contributed by atoms with van der Waals surface area (Å²) in [5, 5.41) is 8.95. The Hall–Kier alpha value is -2.40. The molecule has 4 nitrogen and oxygen atoms in total. The zero-order valence-corrected chi connectivity index (χ0v) is 15.8. The topological polar surface area (TPSA) is 62.3 Å². The Morgan fingerprint density at radius 2 is 2.03 bits per heavy atom. The third kappa shape index (κ3) is 4.01. The Kier molecular flexibility index (Phi) is 5.59. The Labute approximate surface area is 167 Å². The molecule has 7 heteroatoms. The molecule has 2 N–H and O–H groups in total. The van der Waals surface area contributed by atoms with Crippen LogP contribution in [0.4, 0.5) is 13.2 Å². The van der Waals surface area contributed by atoms with Gasteiger partial charge in [-0.05, 0) is 59.7 Å². The number of halogens is 3. The first-order chi connectivity index (χ1) is 14.0. The van der Waals surface area contributed by atoms with Crippen molar-refractivity contribution in [3.05, 3.63) is 58.9 Å². The zero-order valence-electron chi connectivity index (χ0n) is 15.8. The molecule has 0 aliphatic carbocycles. The molecule has 0 amide bonds. The van der Waals surface area contributed by atoms with E-state index in [4.69, 9.17) is 11.0 Å². The normalized spacial score (nSPS) is 23.7. The first-order valence-electron chi connectivity index (χ1n) is 9.69. The van der Waals surface area contributed by atoms with E-state index in [1.165, 1.54) is 12.1 Å². The van der Waals surface area contributed by atoms with Crippen molar-refractivity contribution in [2.75, 3.05) is 0 Å². The molecule has 0 radical (unpaired) electrons. The van der Waals surface area contributed by atoms with Crippen LogP contribution in [-0.2, 0) is 17.9 Å². The Bertz CT molecular complexity index is 943. The lowest BCUT2D eigenvalue weighted by molar-refractivity contribution is -0.137. The third-order valence-corrected chi connectivity index (χ3v) is 6.03. The second kappa shape index (κ2) is 8.15. The van der Waals surface area contributed by atoms with Gasteiger partial charge in [-0.1, -0.05) is 18.2 Å². The molecule has 0 aromatic heterocycles. The van der Waals surface area contributed by atoms with E-state index in [1.807, 2.05) is 12.1 Å². The van der Waals surface area contributed by atoms with Crippen LogP contribution in [0.3, 0.4) is 0 Å². The van der Waals surface area contributed by atoms with Crippen molar-refractivity contribution in [3.63, 3.8) is 0 Å². The summed E-state index contributed by atoms with van der Waals surface area (Å²) in [4.78, 5) is 2.42. The van der Waals surface area contributed by atoms with E-state index in [1.54, 1.807) is 18.2 Å². The second-order valence-corrected chi connectivity index (χ2v) is 7.74. The summed E-state index contributed by atoms with van der Waals surface area (Å²) >= 11 is 0. The van der Waals surface area contributed by atoms with Crippen molar-refractivity contribution in [1.29, 1.82) is 5.26 Å². The molecule has 2 saturated heterocycles. The van der Waals surface area contributed by atoms with E-state index < -0.39 is 12.4 Å². The number of nitrogens with two attached hydrogens (primary N) is 1.